The molecule has 1 unspecified atom stereocenters. The van der Waals surface area contributed by atoms with Gasteiger partial charge in [-0.15, -0.1) is 0 Å². The first-order chi connectivity index (χ1) is 14.6. The van der Waals surface area contributed by atoms with E-state index in [9.17, 15) is 5.11 Å². The molecule has 0 heterocycles. The SMILES string of the molecule is CC(C)[C@H]1CC=C2C3=C(CC[C@@]21C)[C@@]1(C)CC[C@@](O)(c2ccccc2)C(C)(C)C1CC3. The molecule has 0 radical (unpaired) electrons. The van der Waals surface area contributed by atoms with Crippen molar-refractivity contribution in [3.05, 3.63) is 58.7 Å². The van der Waals surface area contributed by atoms with E-state index in [0.29, 0.717) is 11.3 Å². The highest BCUT2D eigenvalue weighted by atomic mass is 16.3. The summed E-state index contributed by atoms with van der Waals surface area (Å²) >= 11 is 0. The zero-order valence-electron chi connectivity index (χ0n) is 20.6. The van der Waals surface area contributed by atoms with Gasteiger partial charge in [-0.05, 0) is 90.2 Å². The molecule has 1 saturated carbocycles. The van der Waals surface area contributed by atoms with Gasteiger partial charge in [0.1, 0.15) is 0 Å². The summed E-state index contributed by atoms with van der Waals surface area (Å²) in [6.07, 6.45) is 10.8. The van der Waals surface area contributed by atoms with Gasteiger partial charge in [0.15, 0.2) is 0 Å². The van der Waals surface area contributed by atoms with E-state index in [4.69, 9.17) is 0 Å². The van der Waals surface area contributed by atoms with Crippen molar-refractivity contribution in [3.63, 3.8) is 0 Å². The van der Waals surface area contributed by atoms with Crippen molar-refractivity contribution in [2.75, 3.05) is 0 Å². The van der Waals surface area contributed by atoms with Crippen molar-refractivity contribution in [2.24, 2.45) is 34.0 Å². The Kier molecular flexibility index (Phi) is 4.74. The summed E-state index contributed by atoms with van der Waals surface area (Å²) in [5, 5.41) is 12.1. The summed E-state index contributed by atoms with van der Waals surface area (Å²) in [4.78, 5) is 0. The van der Waals surface area contributed by atoms with Gasteiger partial charge in [-0.3, -0.25) is 0 Å². The molecule has 31 heavy (non-hydrogen) atoms. The monoisotopic (exact) mass is 418 g/mol. The molecule has 0 aromatic heterocycles. The molecule has 0 saturated heterocycles. The highest BCUT2D eigenvalue weighted by Crippen LogP contribution is 2.69. The molecule has 0 aliphatic heterocycles. The zero-order valence-corrected chi connectivity index (χ0v) is 20.6. The Morgan fingerprint density at radius 3 is 2.29 bits per heavy atom. The lowest BCUT2D eigenvalue weighted by molar-refractivity contribution is -0.173. The van der Waals surface area contributed by atoms with Crippen LogP contribution < -0.4 is 0 Å². The molecular weight excluding hydrogens is 376 g/mol. The third kappa shape index (κ3) is 2.71. The van der Waals surface area contributed by atoms with E-state index in [1.807, 2.05) is 0 Å². The lowest BCUT2D eigenvalue weighted by Crippen LogP contribution is -2.58. The zero-order chi connectivity index (χ0) is 22.2. The number of aliphatic hydroxyl groups is 1. The quantitative estimate of drug-likeness (QED) is 0.519. The molecule has 1 N–H and O–H groups in total. The molecule has 0 amide bonds. The summed E-state index contributed by atoms with van der Waals surface area (Å²) < 4.78 is 0. The Bertz CT molecular complexity index is 934. The molecule has 1 aromatic rings. The van der Waals surface area contributed by atoms with Gasteiger partial charge in [-0.25, -0.2) is 0 Å². The van der Waals surface area contributed by atoms with Crippen molar-refractivity contribution in [2.45, 2.75) is 92.1 Å². The largest absolute Gasteiger partial charge is 0.385 e. The van der Waals surface area contributed by atoms with E-state index in [0.717, 1.165) is 30.2 Å². The molecule has 4 aliphatic carbocycles. The lowest BCUT2D eigenvalue weighted by atomic mass is 9.43. The maximum atomic E-state index is 12.1. The molecule has 168 valence electrons. The van der Waals surface area contributed by atoms with E-state index >= 15 is 0 Å². The van der Waals surface area contributed by atoms with Crippen LogP contribution >= 0.6 is 0 Å². The van der Waals surface area contributed by atoms with Gasteiger partial charge in [-0.1, -0.05) is 83.5 Å². The normalized spacial score (nSPS) is 41.5. The maximum absolute atomic E-state index is 12.1. The van der Waals surface area contributed by atoms with Crippen LogP contribution in [0.2, 0.25) is 0 Å². The number of fused-ring (bicyclic) bond motifs is 4. The van der Waals surface area contributed by atoms with E-state index in [1.165, 1.54) is 32.1 Å². The Morgan fingerprint density at radius 2 is 1.61 bits per heavy atom. The van der Waals surface area contributed by atoms with Gasteiger partial charge in [0.25, 0.3) is 0 Å². The number of hydrogen-bond donors (Lipinski definition) is 1. The first-order valence-corrected chi connectivity index (χ1v) is 12.8. The van der Waals surface area contributed by atoms with Gasteiger partial charge in [0, 0.05) is 5.41 Å². The minimum atomic E-state index is -0.741. The summed E-state index contributed by atoms with van der Waals surface area (Å²) in [5.41, 5.74) is 6.03. The Labute approximate surface area is 190 Å². The summed E-state index contributed by atoms with van der Waals surface area (Å²) in [7, 11) is 0. The fraction of sp³-hybridized carbons (Fsp3) is 0.667. The van der Waals surface area contributed by atoms with Crippen molar-refractivity contribution in [1.29, 1.82) is 0 Å². The fourth-order valence-corrected chi connectivity index (χ4v) is 8.93. The molecule has 5 atom stereocenters. The van der Waals surface area contributed by atoms with Crippen molar-refractivity contribution in [1.82, 2.24) is 0 Å². The number of allylic oxidation sites excluding steroid dienone is 4. The molecule has 1 aromatic carbocycles. The number of benzene rings is 1. The Morgan fingerprint density at radius 1 is 0.903 bits per heavy atom. The maximum Gasteiger partial charge on any atom is 0.0950 e. The van der Waals surface area contributed by atoms with Gasteiger partial charge in [0.05, 0.1) is 5.60 Å². The van der Waals surface area contributed by atoms with Crippen LogP contribution in [-0.4, -0.2) is 5.11 Å². The molecule has 1 nitrogen and oxygen atoms in total. The van der Waals surface area contributed by atoms with E-state index < -0.39 is 5.60 Å². The van der Waals surface area contributed by atoms with Crippen LogP contribution in [0.25, 0.3) is 0 Å². The average Bonchev–Trinajstić information content (AvgIpc) is 3.09. The number of rotatable bonds is 2. The topological polar surface area (TPSA) is 20.2 Å². The van der Waals surface area contributed by atoms with Crippen LogP contribution in [-0.2, 0) is 5.60 Å². The summed E-state index contributed by atoms with van der Waals surface area (Å²) in [6.45, 7) is 14.7. The lowest BCUT2D eigenvalue weighted by Gasteiger charge is -2.63. The van der Waals surface area contributed by atoms with E-state index in [2.05, 4.69) is 78.0 Å². The second kappa shape index (κ2) is 6.83. The summed E-state index contributed by atoms with van der Waals surface area (Å²) in [5.74, 6) is 2.07. The minimum Gasteiger partial charge on any atom is -0.385 e. The third-order valence-corrected chi connectivity index (χ3v) is 10.7. The summed E-state index contributed by atoms with van der Waals surface area (Å²) in [6, 6.07) is 10.5. The average molecular weight is 419 g/mol. The van der Waals surface area contributed by atoms with Crippen molar-refractivity contribution >= 4 is 0 Å². The van der Waals surface area contributed by atoms with Crippen molar-refractivity contribution in [3.8, 4) is 0 Å². The molecule has 1 fully saturated rings. The predicted molar refractivity (Wildman–Crippen MR) is 130 cm³/mol. The first kappa shape index (κ1) is 21.5. The molecular formula is C30H42O. The van der Waals surface area contributed by atoms with Crippen LogP contribution in [0, 0.1) is 34.0 Å². The fourth-order valence-electron chi connectivity index (χ4n) is 8.93. The Balaban J connectivity index is 1.55. The molecule has 1 heteroatoms. The highest BCUT2D eigenvalue weighted by Gasteiger charge is 2.62. The molecule has 4 aliphatic rings. The first-order valence-electron chi connectivity index (χ1n) is 12.8. The van der Waals surface area contributed by atoms with E-state index in [-0.39, 0.29) is 10.8 Å². The standard InChI is InChI=1S/C30H42O/c1-20(2)23-13-14-24-22-12-15-26-27(3,4)30(31,21-10-8-7-9-11-21)19-18-29(26,6)25(22)16-17-28(23,24)5/h7-11,14,20,23,26,31H,12-13,15-19H2,1-6H3/t23-,26?,28-,29-,30-/m1/s1. The molecule has 5 rings (SSSR count). The van der Waals surface area contributed by atoms with Gasteiger partial charge >= 0.3 is 0 Å². The minimum absolute atomic E-state index is 0.148. The Hall–Kier alpha value is -1.34. The van der Waals surface area contributed by atoms with Crippen LogP contribution in [0.15, 0.2) is 53.1 Å². The van der Waals surface area contributed by atoms with Gasteiger partial charge < -0.3 is 5.11 Å². The van der Waals surface area contributed by atoms with Gasteiger partial charge in [0.2, 0.25) is 0 Å². The van der Waals surface area contributed by atoms with Crippen LogP contribution in [0.3, 0.4) is 0 Å². The van der Waals surface area contributed by atoms with Crippen LogP contribution in [0.5, 0.6) is 0 Å². The van der Waals surface area contributed by atoms with Crippen LogP contribution in [0.4, 0.5) is 0 Å². The van der Waals surface area contributed by atoms with Gasteiger partial charge in [-0.2, -0.15) is 0 Å². The smallest absolute Gasteiger partial charge is 0.0950 e. The second-order valence-electron chi connectivity index (χ2n) is 12.5. The highest BCUT2D eigenvalue weighted by molar-refractivity contribution is 5.50. The van der Waals surface area contributed by atoms with Crippen LogP contribution in [0.1, 0.15) is 92.1 Å². The van der Waals surface area contributed by atoms with Crippen molar-refractivity contribution < 1.29 is 5.11 Å². The van der Waals surface area contributed by atoms with E-state index in [1.54, 1.807) is 16.7 Å². The number of hydrogen-bond acceptors (Lipinski definition) is 1. The molecule has 0 bridgehead atoms. The molecule has 0 spiro atoms. The second-order valence-corrected chi connectivity index (χ2v) is 12.5. The third-order valence-electron chi connectivity index (χ3n) is 10.7. The predicted octanol–water partition coefficient (Wildman–Crippen LogP) is 7.81.